The van der Waals surface area contributed by atoms with E-state index in [9.17, 15) is 9.18 Å². The normalized spacial score (nSPS) is 12.9. The smallest absolute Gasteiger partial charge is 0.164 e. The van der Waals surface area contributed by atoms with Crippen LogP contribution >= 0.6 is 0 Å². The molecule has 0 amide bonds. The molecule has 4 heteroatoms. The van der Waals surface area contributed by atoms with Crippen molar-refractivity contribution in [3.8, 4) is 17.6 Å². The minimum Gasteiger partial charge on any atom is -0.457 e. The number of nitriles is 1. The fraction of sp³-hybridized carbons (Fsp3) is 0.125. The molecule has 1 aliphatic rings. The SMILES string of the molecule is N#Cc1cc(F)cc(Oc2cc[c]c3c2CCC3=O)c1. The van der Waals surface area contributed by atoms with Crippen molar-refractivity contribution in [1.82, 2.24) is 0 Å². The number of carbonyl (C=O) groups is 1. The highest BCUT2D eigenvalue weighted by molar-refractivity contribution is 6.00. The van der Waals surface area contributed by atoms with Crippen LogP contribution in [0.2, 0.25) is 0 Å². The summed E-state index contributed by atoms with van der Waals surface area (Å²) in [6.07, 6.45) is 1.04. The number of hydrogen-bond acceptors (Lipinski definition) is 3. The molecule has 0 unspecified atom stereocenters. The Bertz CT molecular complexity index is 747. The van der Waals surface area contributed by atoms with E-state index in [4.69, 9.17) is 10.00 Å². The van der Waals surface area contributed by atoms with Crippen LogP contribution in [0.1, 0.15) is 27.9 Å². The summed E-state index contributed by atoms with van der Waals surface area (Å²) in [5.41, 5.74) is 1.52. The molecule has 0 bridgehead atoms. The number of halogens is 1. The van der Waals surface area contributed by atoms with E-state index in [1.54, 1.807) is 12.1 Å². The highest BCUT2D eigenvalue weighted by atomic mass is 19.1. The number of benzene rings is 2. The van der Waals surface area contributed by atoms with E-state index in [0.29, 0.717) is 24.2 Å². The zero-order chi connectivity index (χ0) is 14.1. The Hall–Kier alpha value is -2.67. The molecule has 3 nitrogen and oxygen atoms in total. The summed E-state index contributed by atoms with van der Waals surface area (Å²) in [5.74, 6) is 0.269. The minimum absolute atomic E-state index is 0.0439. The van der Waals surface area contributed by atoms with Crippen molar-refractivity contribution in [1.29, 1.82) is 5.26 Å². The molecular weight excluding hydrogens is 257 g/mol. The fourth-order valence-electron chi connectivity index (χ4n) is 2.28. The van der Waals surface area contributed by atoms with Gasteiger partial charge in [0.15, 0.2) is 5.78 Å². The number of ketones is 1. The monoisotopic (exact) mass is 266 g/mol. The standard InChI is InChI=1S/C16H9FNO2/c17-11-6-10(9-18)7-12(8-11)20-16-3-1-2-13-14(16)4-5-15(13)19/h1,3,6-8H,4-5H2. The second-order valence-corrected chi connectivity index (χ2v) is 4.51. The summed E-state index contributed by atoms with van der Waals surface area (Å²) in [5, 5.41) is 8.82. The Balaban J connectivity index is 1.99. The van der Waals surface area contributed by atoms with Crippen molar-refractivity contribution in [2.45, 2.75) is 12.8 Å². The fourth-order valence-corrected chi connectivity index (χ4v) is 2.28. The van der Waals surface area contributed by atoms with Crippen molar-refractivity contribution in [2.24, 2.45) is 0 Å². The van der Waals surface area contributed by atoms with Gasteiger partial charge in [0.05, 0.1) is 11.6 Å². The maximum atomic E-state index is 13.4. The van der Waals surface area contributed by atoms with Crippen molar-refractivity contribution in [3.05, 3.63) is 58.9 Å². The molecule has 0 fully saturated rings. The second kappa shape index (κ2) is 4.78. The molecule has 20 heavy (non-hydrogen) atoms. The molecule has 0 N–H and O–H groups in total. The predicted molar refractivity (Wildman–Crippen MR) is 69.1 cm³/mol. The van der Waals surface area contributed by atoms with Gasteiger partial charge >= 0.3 is 0 Å². The zero-order valence-corrected chi connectivity index (χ0v) is 10.4. The van der Waals surface area contributed by atoms with E-state index in [2.05, 4.69) is 6.07 Å². The van der Waals surface area contributed by atoms with Crippen LogP contribution < -0.4 is 4.74 Å². The van der Waals surface area contributed by atoms with Gasteiger partial charge in [-0.2, -0.15) is 5.26 Å². The number of ether oxygens (including phenoxy) is 1. The van der Waals surface area contributed by atoms with Crippen LogP contribution in [0.5, 0.6) is 11.5 Å². The molecule has 0 saturated carbocycles. The first-order valence-electron chi connectivity index (χ1n) is 6.12. The Morgan fingerprint density at radius 1 is 1.30 bits per heavy atom. The lowest BCUT2D eigenvalue weighted by Crippen LogP contribution is -1.94. The van der Waals surface area contributed by atoms with Crippen LogP contribution in [0.15, 0.2) is 30.3 Å². The Labute approximate surface area is 115 Å². The van der Waals surface area contributed by atoms with E-state index in [1.807, 2.05) is 6.07 Å². The first-order chi connectivity index (χ1) is 9.67. The lowest BCUT2D eigenvalue weighted by atomic mass is 10.1. The van der Waals surface area contributed by atoms with Crippen LogP contribution in [-0.2, 0) is 6.42 Å². The van der Waals surface area contributed by atoms with Gasteiger partial charge in [-0.05, 0) is 36.8 Å². The average molecular weight is 266 g/mol. The van der Waals surface area contributed by atoms with E-state index in [0.717, 1.165) is 11.6 Å². The Kier molecular flexibility index (Phi) is 2.96. The quantitative estimate of drug-likeness (QED) is 0.836. The van der Waals surface area contributed by atoms with Crippen molar-refractivity contribution >= 4 is 5.78 Å². The number of hydrogen-bond donors (Lipinski definition) is 0. The highest BCUT2D eigenvalue weighted by Crippen LogP contribution is 2.33. The van der Waals surface area contributed by atoms with Gasteiger partial charge < -0.3 is 4.74 Å². The summed E-state index contributed by atoms with van der Waals surface area (Å²) in [4.78, 5) is 11.6. The molecule has 0 saturated heterocycles. The number of rotatable bonds is 2. The van der Waals surface area contributed by atoms with Crippen LogP contribution in [0.3, 0.4) is 0 Å². The lowest BCUT2D eigenvalue weighted by Gasteiger charge is -2.10. The maximum absolute atomic E-state index is 13.4. The molecule has 0 spiro atoms. The first-order valence-corrected chi connectivity index (χ1v) is 6.12. The molecule has 0 heterocycles. The summed E-state index contributed by atoms with van der Waals surface area (Å²) in [7, 11) is 0. The number of Topliss-reactive ketones (excluding diaryl/α,β-unsaturated/α-hetero) is 1. The zero-order valence-electron chi connectivity index (χ0n) is 10.4. The Morgan fingerprint density at radius 3 is 2.95 bits per heavy atom. The van der Waals surface area contributed by atoms with E-state index < -0.39 is 5.82 Å². The average Bonchev–Trinajstić information content (AvgIpc) is 2.81. The van der Waals surface area contributed by atoms with Crippen LogP contribution in [0.25, 0.3) is 0 Å². The third kappa shape index (κ3) is 2.14. The van der Waals surface area contributed by atoms with Gasteiger partial charge in [0.1, 0.15) is 17.3 Å². The summed E-state index contributed by atoms with van der Waals surface area (Å²) < 4.78 is 19.0. The third-order valence-corrected chi connectivity index (χ3v) is 3.17. The summed E-state index contributed by atoms with van der Waals surface area (Å²) in [6.45, 7) is 0. The van der Waals surface area contributed by atoms with Gasteiger partial charge in [0.25, 0.3) is 0 Å². The van der Waals surface area contributed by atoms with E-state index >= 15 is 0 Å². The molecule has 0 atom stereocenters. The van der Waals surface area contributed by atoms with Crippen LogP contribution in [-0.4, -0.2) is 5.78 Å². The molecule has 3 rings (SSSR count). The highest BCUT2D eigenvalue weighted by Gasteiger charge is 2.23. The van der Waals surface area contributed by atoms with Gasteiger partial charge in [-0.15, -0.1) is 0 Å². The number of nitrogens with zero attached hydrogens (tertiary/aromatic N) is 1. The molecule has 2 aromatic carbocycles. The summed E-state index contributed by atoms with van der Waals surface area (Å²) in [6, 6.07) is 11.9. The maximum Gasteiger partial charge on any atom is 0.164 e. The van der Waals surface area contributed by atoms with Gasteiger partial charge in [-0.3, -0.25) is 4.79 Å². The molecule has 1 radical (unpaired) electrons. The minimum atomic E-state index is -0.533. The number of fused-ring (bicyclic) bond motifs is 1. The van der Waals surface area contributed by atoms with E-state index in [-0.39, 0.29) is 17.1 Å². The second-order valence-electron chi connectivity index (χ2n) is 4.51. The predicted octanol–water partition coefficient (Wildman–Crippen LogP) is 3.42. The van der Waals surface area contributed by atoms with Crippen molar-refractivity contribution in [3.63, 3.8) is 0 Å². The molecule has 0 aromatic heterocycles. The molecular formula is C16H9FNO2. The van der Waals surface area contributed by atoms with Gasteiger partial charge in [-0.1, -0.05) is 0 Å². The van der Waals surface area contributed by atoms with Gasteiger partial charge in [0, 0.05) is 23.6 Å². The first kappa shape index (κ1) is 12.4. The van der Waals surface area contributed by atoms with Crippen molar-refractivity contribution in [2.75, 3.05) is 0 Å². The molecule has 1 aliphatic carbocycles. The van der Waals surface area contributed by atoms with Crippen molar-refractivity contribution < 1.29 is 13.9 Å². The molecule has 0 aliphatic heterocycles. The van der Waals surface area contributed by atoms with Crippen LogP contribution in [0.4, 0.5) is 4.39 Å². The lowest BCUT2D eigenvalue weighted by molar-refractivity contribution is 0.0994. The van der Waals surface area contributed by atoms with Crippen LogP contribution in [0, 0.1) is 23.2 Å². The van der Waals surface area contributed by atoms with E-state index in [1.165, 1.54) is 12.1 Å². The third-order valence-electron chi connectivity index (χ3n) is 3.17. The Morgan fingerprint density at radius 2 is 2.15 bits per heavy atom. The summed E-state index contributed by atoms with van der Waals surface area (Å²) >= 11 is 0. The largest absolute Gasteiger partial charge is 0.457 e. The molecule has 97 valence electrons. The van der Waals surface area contributed by atoms with Gasteiger partial charge in [0.2, 0.25) is 0 Å². The topological polar surface area (TPSA) is 50.1 Å². The number of carbonyl (C=O) groups excluding carboxylic acids is 1. The molecule has 2 aromatic rings. The van der Waals surface area contributed by atoms with Gasteiger partial charge in [-0.25, -0.2) is 4.39 Å².